The highest BCUT2D eigenvalue weighted by molar-refractivity contribution is 5.78. The van der Waals surface area contributed by atoms with Crippen molar-refractivity contribution >= 4 is 12.2 Å². The molecule has 0 amide bonds. The molecule has 0 bridgehead atoms. The second-order valence-corrected chi connectivity index (χ2v) is 3.89. The minimum absolute atomic E-state index is 0.0297. The first-order valence-corrected chi connectivity index (χ1v) is 5.55. The molecule has 98 valence electrons. The first kappa shape index (κ1) is 13.8. The van der Waals surface area contributed by atoms with Crippen molar-refractivity contribution in [2.24, 2.45) is 16.6 Å². The van der Waals surface area contributed by atoms with Gasteiger partial charge >= 0.3 is 0 Å². The maximum absolute atomic E-state index is 5.61. The molecule has 0 saturated carbocycles. The largest absolute Gasteiger partial charge is 0.493 e. The predicted molar refractivity (Wildman–Crippen MR) is 70.7 cm³/mol. The number of rotatable bonds is 5. The summed E-state index contributed by atoms with van der Waals surface area (Å²) in [7, 11) is 1.59. The average molecular weight is 251 g/mol. The zero-order valence-corrected chi connectivity index (χ0v) is 10.8. The van der Waals surface area contributed by atoms with Gasteiger partial charge in [0.2, 0.25) is 6.21 Å². The lowest BCUT2D eigenvalue weighted by Gasteiger charge is -2.13. The van der Waals surface area contributed by atoms with Crippen LogP contribution in [0.15, 0.2) is 23.3 Å². The number of hydrogen-bond acceptors (Lipinski definition) is 3. The molecule has 0 heterocycles. The topological polar surface area (TPSA) is 96.8 Å². The van der Waals surface area contributed by atoms with Gasteiger partial charge in [-0.25, -0.2) is 0 Å². The third-order valence-corrected chi connectivity index (χ3v) is 1.98. The smallest absolute Gasteiger partial charge is 0.256 e. The molecule has 0 aliphatic heterocycles. The van der Waals surface area contributed by atoms with Gasteiger partial charge in [-0.3, -0.25) is 0 Å². The Labute approximate surface area is 106 Å². The molecule has 0 fully saturated rings. The highest BCUT2D eigenvalue weighted by Gasteiger charge is 2.07. The summed E-state index contributed by atoms with van der Waals surface area (Å²) in [4.78, 5) is 0. The molecule has 0 aliphatic rings. The maximum atomic E-state index is 5.61. The lowest BCUT2D eigenvalue weighted by atomic mass is 10.2. The standard InChI is InChI=1S/C12H18N4O2/c1-8(2)18-10-5-4-9(6-11(10)17-3)7-15-16-12(13)14/h4-8H,1-3H3,(H4,13,14,16)/p+1/b15-7-. The highest BCUT2D eigenvalue weighted by Crippen LogP contribution is 2.28. The van der Waals surface area contributed by atoms with E-state index in [0.29, 0.717) is 11.5 Å². The summed E-state index contributed by atoms with van der Waals surface area (Å²) in [6, 6.07) is 5.53. The molecular formula is C12H19N4O2+. The molecule has 1 rings (SSSR count). The Morgan fingerprint density at radius 1 is 1.33 bits per heavy atom. The van der Waals surface area contributed by atoms with Crippen molar-refractivity contribution in [2.45, 2.75) is 20.0 Å². The van der Waals surface area contributed by atoms with Gasteiger partial charge in [-0.1, -0.05) is 0 Å². The van der Waals surface area contributed by atoms with Gasteiger partial charge in [-0.2, -0.15) is 0 Å². The van der Waals surface area contributed by atoms with E-state index in [4.69, 9.17) is 20.9 Å². The Morgan fingerprint density at radius 2 is 2.06 bits per heavy atom. The van der Waals surface area contributed by atoms with Crippen LogP contribution < -0.4 is 26.0 Å². The SMILES string of the molecule is COc1cc(/C=[NH+]\N=C(N)N)ccc1OC(C)C. The summed E-state index contributed by atoms with van der Waals surface area (Å²) in [5, 5.41) is 6.27. The molecule has 0 aliphatic carbocycles. The molecule has 6 nitrogen and oxygen atoms in total. The van der Waals surface area contributed by atoms with Crippen LogP contribution in [0.5, 0.6) is 11.5 Å². The van der Waals surface area contributed by atoms with Crippen molar-refractivity contribution in [1.82, 2.24) is 0 Å². The van der Waals surface area contributed by atoms with Crippen molar-refractivity contribution in [3.8, 4) is 11.5 Å². The minimum Gasteiger partial charge on any atom is -0.493 e. The van der Waals surface area contributed by atoms with Gasteiger partial charge < -0.3 is 20.9 Å². The van der Waals surface area contributed by atoms with E-state index >= 15 is 0 Å². The number of hydrazone groups is 1. The zero-order chi connectivity index (χ0) is 13.5. The number of hydrogen-bond donors (Lipinski definition) is 3. The summed E-state index contributed by atoms with van der Waals surface area (Å²) in [5.74, 6) is 1.33. The molecule has 1 aromatic carbocycles. The number of nitrogens with zero attached hydrogens (tertiary/aromatic N) is 1. The number of ether oxygens (including phenoxy) is 2. The Hall–Kier alpha value is -2.24. The molecule has 1 aromatic rings. The van der Waals surface area contributed by atoms with E-state index in [1.165, 1.54) is 0 Å². The Morgan fingerprint density at radius 3 is 2.61 bits per heavy atom. The lowest BCUT2D eigenvalue weighted by molar-refractivity contribution is -0.456. The summed E-state index contributed by atoms with van der Waals surface area (Å²) < 4.78 is 10.9. The Balaban J connectivity index is 2.91. The van der Waals surface area contributed by atoms with Gasteiger partial charge in [0.05, 0.1) is 13.2 Å². The van der Waals surface area contributed by atoms with Crippen LogP contribution >= 0.6 is 0 Å². The van der Waals surface area contributed by atoms with Crippen LogP contribution in [0.25, 0.3) is 0 Å². The molecule has 0 spiro atoms. The summed E-state index contributed by atoms with van der Waals surface area (Å²) in [6.45, 7) is 3.92. The molecule has 18 heavy (non-hydrogen) atoms. The van der Waals surface area contributed by atoms with E-state index in [9.17, 15) is 0 Å². The van der Waals surface area contributed by atoms with Crippen molar-refractivity contribution in [3.63, 3.8) is 0 Å². The molecule has 0 aromatic heterocycles. The van der Waals surface area contributed by atoms with Gasteiger partial charge in [0, 0.05) is 10.7 Å². The number of nitrogens with one attached hydrogen (secondary N) is 1. The molecule has 5 N–H and O–H groups in total. The van der Waals surface area contributed by atoms with Crippen LogP contribution in [0.1, 0.15) is 19.4 Å². The molecule has 6 heteroatoms. The van der Waals surface area contributed by atoms with Crippen molar-refractivity contribution in [2.75, 3.05) is 7.11 Å². The highest BCUT2D eigenvalue weighted by atomic mass is 16.5. The summed E-state index contributed by atoms with van der Waals surface area (Å²) >= 11 is 0. The van der Waals surface area contributed by atoms with E-state index in [1.54, 1.807) is 13.3 Å². The Bertz CT molecular complexity index is 451. The summed E-state index contributed by atoms with van der Waals surface area (Å²) in [6.07, 6.45) is 1.75. The quantitative estimate of drug-likeness (QED) is 0.361. The average Bonchev–Trinajstić information content (AvgIpc) is 2.29. The third kappa shape index (κ3) is 4.32. The zero-order valence-electron chi connectivity index (χ0n) is 10.8. The van der Waals surface area contributed by atoms with Crippen LogP contribution in [-0.2, 0) is 0 Å². The van der Waals surface area contributed by atoms with Crippen LogP contribution in [-0.4, -0.2) is 25.4 Å². The summed E-state index contributed by atoms with van der Waals surface area (Å²) in [5.41, 5.74) is 11.3. The first-order valence-electron chi connectivity index (χ1n) is 5.55. The van der Waals surface area contributed by atoms with Gasteiger partial charge in [-0.05, 0) is 32.0 Å². The van der Waals surface area contributed by atoms with Crippen LogP contribution in [0.4, 0.5) is 0 Å². The third-order valence-electron chi connectivity index (χ3n) is 1.98. The molecule has 0 saturated heterocycles. The maximum Gasteiger partial charge on any atom is 0.256 e. The van der Waals surface area contributed by atoms with E-state index in [0.717, 1.165) is 5.56 Å². The monoisotopic (exact) mass is 251 g/mol. The van der Waals surface area contributed by atoms with Crippen molar-refractivity contribution < 1.29 is 14.6 Å². The normalized spacial score (nSPS) is 10.7. The predicted octanol–water partition coefficient (Wildman–Crippen LogP) is -0.830. The molecular weight excluding hydrogens is 232 g/mol. The molecule has 0 radical (unpaired) electrons. The van der Waals surface area contributed by atoms with E-state index in [2.05, 4.69) is 10.2 Å². The van der Waals surface area contributed by atoms with Gasteiger partial charge in [-0.15, -0.1) is 5.10 Å². The fourth-order valence-corrected chi connectivity index (χ4v) is 1.31. The molecule has 0 atom stereocenters. The number of methoxy groups -OCH3 is 1. The van der Waals surface area contributed by atoms with Gasteiger partial charge in [0.15, 0.2) is 11.5 Å². The number of benzene rings is 1. The van der Waals surface area contributed by atoms with E-state index < -0.39 is 0 Å². The van der Waals surface area contributed by atoms with Gasteiger partial charge in [0.1, 0.15) is 0 Å². The number of nitrogens with two attached hydrogens (primary N) is 2. The van der Waals surface area contributed by atoms with Crippen LogP contribution in [0.2, 0.25) is 0 Å². The van der Waals surface area contributed by atoms with E-state index in [1.807, 2.05) is 32.0 Å². The first-order chi connectivity index (χ1) is 8.52. The lowest BCUT2D eigenvalue weighted by Crippen LogP contribution is -2.63. The Kier molecular flexibility index (Phi) is 4.98. The second-order valence-electron chi connectivity index (χ2n) is 3.89. The van der Waals surface area contributed by atoms with Crippen LogP contribution in [0, 0.1) is 0 Å². The van der Waals surface area contributed by atoms with Crippen LogP contribution in [0.3, 0.4) is 0 Å². The fourth-order valence-electron chi connectivity index (χ4n) is 1.31. The van der Waals surface area contributed by atoms with Crippen molar-refractivity contribution in [1.29, 1.82) is 0 Å². The van der Waals surface area contributed by atoms with Gasteiger partial charge in [0.25, 0.3) is 5.96 Å². The second kappa shape index (κ2) is 6.48. The molecule has 0 unspecified atom stereocenters. The van der Waals surface area contributed by atoms with E-state index in [-0.39, 0.29) is 12.1 Å². The fraction of sp³-hybridized carbons (Fsp3) is 0.333. The van der Waals surface area contributed by atoms with Crippen molar-refractivity contribution in [3.05, 3.63) is 23.8 Å². The number of guanidine groups is 1. The minimum atomic E-state index is -0.0297.